The van der Waals surface area contributed by atoms with Gasteiger partial charge in [-0.3, -0.25) is 24.2 Å². The van der Waals surface area contributed by atoms with Gasteiger partial charge in [0.1, 0.15) is 5.69 Å². The number of nitrogens with one attached hydrogen (secondary N) is 4. The lowest BCUT2D eigenvalue weighted by Crippen LogP contribution is -2.24. The van der Waals surface area contributed by atoms with Crippen molar-refractivity contribution in [1.82, 2.24) is 46.1 Å². The van der Waals surface area contributed by atoms with E-state index >= 15 is 0 Å². The van der Waals surface area contributed by atoms with Gasteiger partial charge in [-0.25, -0.2) is 5.48 Å². The minimum absolute atomic E-state index is 0.116. The van der Waals surface area contributed by atoms with Gasteiger partial charge < -0.3 is 16.0 Å². The number of unbranched alkanes of at least 4 members (excludes halogenated alkanes) is 3. The van der Waals surface area contributed by atoms with Gasteiger partial charge in [0.2, 0.25) is 5.91 Å². The van der Waals surface area contributed by atoms with Crippen molar-refractivity contribution in [2.24, 2.45) is 0 Å². The van der Waals surface area contributed by atoms with Crippen LogP contribution in [0.2, 0.25) is 0 Å². The Morgan fingerprint density at radius 3 is 2.17 bits per heavy atom. The van der Waals surface area contributed by atoms with Crippen molar-refractivity contribution in [2.45, 2.75) is 58.3 Å². The normalized spacial score (nSPS) is 10.8. The summed E-state index contributed by atoms with van der Waals surface area (Å²) in [4.78, 5) is 23.2. The lowest BCUT2D eigenvalue weighted by Gasteiger charge is -2.07. The summed E-state index contributed by atoms with van der Waals surface area (Å²) < 4.78 is 3.56. The molecule has 2 amide bonds. The molecular formula is C23H34N10O3. The third-order valence-electron chi connectivity index (χ3n) is 5.45. The molecule has 13 nitrogen and oxygen atoms in total. The third-order valence-corrected chi connectivity index (χ3v) is 5.45. The summed E-state index contributed by atoms with van der Waals surface area (Å²) in [5.74, 6) is -0.486. The fourth-order valence-electron chi connectivity index (χ4n) is 3.50. The molecular weight excluding hydrogens is 464 g/mol. The van der Waals surface area contributed by atoms with Gasteiger partial charge in [0.15, 0.2) is 0 Å². The van der Waals surface area contributed by atoms with Crippen LogP contribution in [0.15, 0.2) is 36.7 Å². The zero-order chi connectivity index (χ0) is 25.6. The Balaban J connectivity index is 1.32. The molecule has 3 rings (SSSR count). The number of amides is 2. The standard InChI is InChI=1S/C23H34N10O3/c1-24-14-20-16-32(30-27-20)12-13-33-17-21(28-31-33)15-26-19-9-7-18(8-10-19)23(35)25-11-5-3-2-4-6-22(34)29-36/h7-10,16-17,24,26,36H,2-6,11-15H2,1H3,(H,25,35)(H,29,34). The number of carbonyl (C=O) groups is 2. The summed E-state index contributed by atoms with van der Waals surface area (Å²) in [5.41, 5.74) is 4.80. The molecule has 36 heavy (non-hydrogen) atoms. The highest BCUT2D eigenvalue weighted by Gasteiger charge is 2.06. The zero-order valence-electron chi connectivity index (χ0n) is 20.5. The van der Waals surface area contributed by atoms with Crippen molar-refractivity contribution in [1.29, 1.82) is 0 Å². The summed E-state index contributed by atoms with van der Waals surface area (Å²) in [7, 11) is 1.87. The smallest absolute Gasteiger partial charge is 0.251 e. The first kappa shape index (κ1) is 26.8. The highest BCUT2D eigenvalue weighted by molar-refractivity contribution is 5.94. The number of nitrogens with zero attached hydrogens (tertiary/aromatic N) is 6. The highest BCUT2D eigenvalue weighted by atomic mass is 16.5. The Hall–Kier alpha value is -3.84. The molecule has 2 heterocycles. The van der Waals surface area contributed by atoms with Crippen molar-refractivity contribution in [3.05, 3.63) is 53.6 Å². The van der Waals surface area contributed by atoms with E-state index in [0.717, 1.165) is 36.3 Å². The first-order valence-corrected chi connectivity index (χ1v) is 12.0. The number of carbonyl (C=O) groups excluding carboxylic acids is 2. The Morgan fingerprint density at radius 1 is 0.889 bits per heavy atom. The molecule has 13 heteroatoms. The van der Waals surface area contributed by atoms with Crippen LogP contribution in [0.3, 0.4) is 0 Å². The van der Waals surface area contributed by atoms with Crippen molar-refractivity contribution in [3.63, 3.8) is 0 Å². The first-order valence-electron chi connectivity index (χ1n) is 12.0. The van der Waals surface area contributed by atoms with Gasteiger partial charge >= 0.3 is 0 Å². The van der Waals surface area contributed by atoms with Crippen LogP contribution in [-0.4, -0.2) is 60.6 Å². The molecule has 2 aromatic heterocycles. The topological polar surface area (TPSA) is 164 Å². The van der Waals surface area contributed by atoms with E-state index in [1.165, 1.54) is 0 Å². The monoisotopic (exact) mass is 498 g/mol. The molecule has 194 valence electrons. The van der Waals surface area contributed by atoms with E-state index in [4.69, 9.17) is 5.21 Å². The molecule has 0 fully saturated rings. The van der Waals surface area contributed by atoms with Crippen LogP contribution in [0.1, 0.15) is 53.8 Å². The molecule has 0 aliphatic carbocycles. The number of aromatic nitrogens is 6. The zero-order valence-corrected chi connectivity index (χ0v) is 20.5. The van der Waals surface area contributed by atoms with Crippen LogP contribution in [-0.2, 0) is 31.0 Å². The molecule has 0 unspecified atom stereocenters. The highest BCUT2D eigenvalue weighted by Crippen LogP contribution is 2.11. The number of aryl methyl sites for hydroxylation is 2. The first-order chi connectivity index (χ1) is 17.6. The summed E-state index contributed by atoms with van der Waals surface area (Å²) in [6.07, 6.45) is 7.44. The lowest BCUT2D eigenvalue weighted by atomic mass is 10.1. The molecule has 0 aliphatic rings. The maximum absolute atomic E-state index is 12.3. The van der Waals surface area contributed by atoms with Crippen LogP contribution < -0.4 is 21.4 Å². The quantitative estimate of drug-likeness (QED) is 0.110. The van der Waals surface area contributed by atoms with Crippen molar-refractivity contribution in [3.8, 4) is 0 Å². The van der Waals surface area contributed by atoms with E-state index in [1.54, 1.807) is 27.0 Å². The Labute approximate surface area is 209 Å². The Morgan fingerprint density at radius 2 is 1.53 bits per heavy atom. The fraction of sp³-hybridized carbons (Fsp3) is 0.478. The van der Waals surface area contributed by atoms with Gasteiger partial charge in [0.25, 0.3) is 5.91 Å². The van der Waals surface area contributed by atoms with Crippen molar-refractivity contribution < 1.29 is 14.8 Å². The summed E-state index contributed by atoms with van der Waals surface area (Å²) in [5, 5.41) is 34.2. The molecule has 0 saturated carbocycles. The second-order valence-electron chi connectivity index (χ2n) is 8.36. The molecule has 0 radical (unpaired) electrons. The predicted octanol–water partition coefficient (Wildman–Crippen LogP) is 1.09. The maximum atomic E-state index is 12.3. The van der Waals surface area contributed by atoms with E-state index in [2.05, 4.69) is 36.6 Å². The van der Waals surface area contributed by atoms with E-state index in [-0.39, 0.29) is 11.8 Å². The van der Waals surface area contributed by atoms with Gasteiger partial charge in [-0.2, -0.15) is 0 Å². The van der Waals surface area contributed by atoms with Crippen molar-refractivity contribution in [2.75, 3.05) is 18.9 Å². The SMILES string of the molecule is CNCc1cn(CCn2cc(CNc3ccc(C(=O)NCCCCCCC(=O)NO)cc3)nn2)nn1. The lowest BCUT2D eigenvalue weighted by molar-refractivity contribution is -0.129. The molecule has 0 aliphatic heterocycles. The average Bonchev–Trinajstić information content (AvgIpc) is 3.55. The summed E-state index contributed by atoms with van der Waals surface area (Å²) in [6.45, 7) is 3.07. The average molecular weight is 499 g/mol. The second kappa shape index (κ2) is 14.5. The number of hydrogen-bond donors (Lipinski definition) is 5. The molecule has 0 spiro atoms. The van der Waals surface area contributed by atoms with Crippen LogP contribution in [0, 0.1) is 0 Å². The molecule has 1 aromatic carbocycles. The summed E-state index contributed by atoms with van der Waals surface area (Å²) >= 11 is 0. The van der Waals surface area contributed by atoms with Gasteiger partial charge in [0, 0.05) is 37.0 Å². The van der Waals surface area contributed by atoms with E-state index in [9.17, 15) is 9.59 Å². The van der Waals surface area contributed by atoms with E-state index in [1.807, 2.05) is 31.6 Å². The fourth-order valence-corrected chi connectivity index (χ4v) is 3.50. The number of benzene rings is 1. The molecule has 0 saturated heterocycles. The van der Waals surface area contributed by atoms with E-state index in [0.29, 0.717) is 51.1 Å². The maximum Gasteiger partial charge on any atom is 0.251 e. The molecule has 3 aromatic rings. The Kier molecular flexibility index (Phi) is 10.8. The molecule has 0 atom stereocenters. The predicted molar refractivity (Wildman–Crippen MR) is 132 cm³/mol. The van der Waals surface area contributed by atoms with Crippen LogP contribution in [0.4, 0.5) is 5.69 Å². The molecule has 5 N–H and O–H groups in total. The van der Waals surface area contributed by atoms with Gasteiger partial charge in [0.05, 0.1) is 31.5 Å². The minimum Gasteiger partial charge on any atom is -0.379 e. The number of hydrogen-bond acceptors (Lipinski definition) is 9. The third kappa shape index (κ3) is 9.07. The van der Waals surface area contributed by atoms with Gasteiger partial charge in [-0.1, -0.05) is 23.3 Å². The van der Waals surface area contributed by atoms with Crippen LogP contribution in [0.5, 0.6) is 0 Å². The number of anilines is 1. The second-order valence-corrected chi connectivity index (χ2v) is 8.36. The van der Waals surface area contributed by atoms with Crippen molar-refractivity contribution >= 4 is 17.5 Å². The minimum atomic E-state index is -0.369. The summed E-state index contributed by atoms with van der Waals surface area (Å²) in [6, 6.07) is 7.28. The largest absolute Gasteiger partial charge is 0.379 e. The van der Waals surface area contributed by atoms with Gasteiger partial charge in [-0.05, 0) is 44.2 Å². The van der Waals surface area contributed by atoms with Crippen LogP contribution >= 0.6 is 0 Å². The van der Waals surface area contributed by atoms with Gasteiger partial charge in [-0.15, -0.1) is 10.2 Å². The van der Waals surface area contributed by atoms with Crippen LogP contribution in [0.25, 0.3) is 0 Å². The number of rotatable bonds is 16. The Bertz CT molecular complexity index is 1080. The number of hydroxylamine groups is 1. The molecule has 0 bridgehead atoms. The van der Waals surface area contributed by atoms with E-state index < -0.39 is 0 Å².